The van der Waals surface area contributed by atoms with E-state index in [1.54, 1.807) is 0 Å². The molecule has 1 rings (SSSR count). The van der Waals surface area contributed by atoms with E-state index >= 15 is 0 Å². The monoisotopic (exact) mass is 951 g/mol. The van der Waals surface area contributed by atoms with Gasteiger partial charge in [-0.3, -0.25) is 13.8 Å². The highest BCUT2D eigenvalue weighted by molar-refractivity contribution is 7.47. The van der Waals surface area contributed by atoms with Crippen molar-refractivity contribution in [3.8, 4) is 0 Å². The summed E-state index contributed by atoms with van der Waals surface area (Å²) in [6.45, 7) is 4.01. The molecule has 0 spiro atoms. The molecule has 66 heavy (non-hydrogen) atoms. The standard InChI is InChI=1S/C53H91O12P/c1-3-5-7-9-11-13-15-17-19-21-22-23-24-25-27-29-31-33-35-37-39-41-43-62-44-46(45-63-66(60,61)65-53-51(58)49(56)48(55)50(57)52(53)59)64-47(54)42-40-38-36-34-32-30-28-26-20-18-16-14-12-10-8-6-4-2/h5-8,11-14,17-20,22-23,46,48-53,55-59H,3-4,9-10,15-16,21,24-45H2,1-2H3,(H,60,61)/b7-5-,8-6-,13-11-,14-12-,19-17-,20-18-,23-22-. The van der Waals surface area contributed by atoms with Crippen molar-refractivity contribution in [3.63, 3.8) is 0 Å². The number of hydrogen-bond donors (Lipinski definition) is 6. The Morgan fingerprint density at radius 2 is 0.848 bits per heavy atom. The van der Waals surface area contributed by atoms with Crippen molar-refractivity contribution < 1.29 is 58.3 Å². The Kier molecular flexibility index (Phi) is 39.7. The van der Waals surface area contributed by atoms with Crippen LogP contribution in [0.5, 0.6) is 0 Å². The Labute approximate surface area is 399 Å². The van der Waals surface area contributed by atoms with Crippen LogP contribution in [0.3, 0.4) is 0 Å². The van der Waals surface area contributed by atoms with E-state index in [4.69, 9.17) is 18.5 Å². The number of unbranched alkanes of at least 4 members (excludes halogenated alkanes) is 16. The van der Waals surface area contributed by atoms with Gasteiger partial charge in [0, 0.05) is 13.0 Å². The lowest BCUT2D eigenvalue weighted by atomic mass is 9.85. The summed E-state index contributed by atoms with van der Waals surface area (Å²) in [7, 11) is -5.03. The van der Waals surface area contributed by atoms with E-state index in [9.17, 15) is 39.8 Å². The summed E-state index contributed by atoms with van der Waals surface area (Å²) in [5.74, 6) is -0.493. The third kappa shape index (κ3) is 33.9. The molecule has 12 nitrogen and oxygen atoms in total. The van der Waals surface area contributed by atoms with Gasteiger partial charge in [0.2, 0.25) is 0 Å². The summed E-state index contributed by atoms with van der Waals surface area (Å²) in [4.78, 5) is 23.2. The van der Waals surface area contributed by atoms with Crippen molar-refractivity contribution in [1.82, 2.24) is 0 Å². The normalized spacial score (nSPS) is 22.1. The molecule has 0 aromatic carbocycles. The fraction of sp³-hybridized carbons (Fsp3) is 0.717. The highest BCUT2D eigenvalue weighted by Gasteiger charge is 2.51. The summed E-state index contributed by atoms with van der Waals surface area (Å²) in [6.07, 6.45) is 45.0. The van der Waals surface area contributed by atoms with Crippen molar-refractivity contribution in [2.45, 2.75) is 224 Å². The molecule has 0 radical (unpaired) electrons. The van der Waals surface area contributed by atoms with Crippen LogP contribution in [-0.2, 0) is 27.9 Å². The number of phosphoric acid groups is 1. The Morgan fingerprint density at radius 3 is 1.29 bits per heavy atom. The van der Waals surface area contributed by atoms with Gasteiger partial charge >= 0.3 is 13.8 Å². The molecule has 6 atom stereocenters. The van der Waals surface area contributed by atoms with Gasteiger partial charge in [-0.2, -0.15) is 0 Å². The zero-order valence-electron chi connectivity index (χ0n) is 40.7. The molecule has 13 heteroatoms. The van der Waals surface area contributed by atoms with E-state index in [1.165, 1.54) is 38.5 Å². The SMILES string of the molecule is CC/C=C\C/C=C\C/C=C\C/C=C\CCCCCCCCCCCOCC(COP(=O)(O)OC1C(O)C(O)C(O)C(O)C1O)OC(=O)CCCCCCCCC/C=C\C/C=C\C/C=C\CC. The first-order valence-electron chi connectivity index (χ1n) is 25.4. The van der Waals surface area contributed by atoms with Gasteiger partial charge in [-0.25, -0.2) is 4.57 Å². The number of esters is 1. The quantitative estimate of drug-likeness (QED) is 0.0147. The van der Waals surface area contributed by atoms with Crippen LogP contribution in [0.15, 0.2) is 85.1 Å². The number of allylic oxidation sites excluding steroid dienone is 14. The second kappa shape index (κ2) is 42.6. The van der Waals surface area contributed by atoms with Crippen molar-refractivity contribution in [3.05, 3.63) is 85.1 Å². The predicted molar refractivity (Wildman–Crippen MR) is 267 cm³/mol. The molecule has 0 aliphatic heterocycles. The maximum absolute atomic E-state index is 12.9. The maximum atomic E-state index is 12.9. The molecule has 0 amide bonds. The van der Waals surface area contributed by atoms with Crippen LogP contribution in [0.1, 0.15) is 181 Å². The molecule has 6 N–H and O–H groups in total. The highest BCUT2D eigenvalue weighted by atomic mass is 31.2. The summed E-state index contributed by atoms with van der Waals surface area (Å²) >= 11 is 0. The number of aliphatic hydroxyl groups excluding tert-OH is 5. The van der Waals surface area contributed by atoms with E-state index in [0.717, 1.165) is 116 Å². The third-order valence-electron chi connectivity index (χ3n) is 11.3. The van der Waals surface area contributed by atoms with Crippen LogP contribution in [0.4, 0.5) is 0 Å². The molecule has 0 aromatic heterocycles. The molecule has 1 aliphatic carbocycles. The van der Waals surface area contributed by atoms with Crippen molar-refractivity contribution in [1.29, 1.82) is 0 Å². The van der Waals surface area contributed by atoms with Gasteiger partial charge < -0.3 is 39.9 Å². The third-order valence-corrected chi connectivity index (χ3v) is 12.2. The van der Waals surface area contributed by atoms with Crippen LogP contribution in [0.2, 0.25) is 0 Å². The van der Waals surface area contributed by atoms with Gasteiger partial charge in [0.05, 0.1) is 13.2 Å². The van der Waals surface area contributed by atoms with Gasteiger partial charge in [-0.1, -0.05) is 176 Å². The minimum absolute atomic E-state index is 0.0898. The summed E-state index contributed by atoms with van der Waals surface area (Å²) in [5.41, 5.74) is 0. The highest BCUT2D eigenvalue weighted by Crippen LogP contribution is 2.47. The lowest BCUT2D eigenvalue weighted by Crippen LogP contribution is -2.64. The van der Waals surface area contributed by atoms with Crippen LogP contribution in [0, 0.1) is 0 Å². The first-order valence-corrected chi connectivity index (χ1v) is 26.9. The predicted octanol–water partition coefficient (Wildman–Crippen LogP) is 11.3. The minimum Gasteiger partial charge on any atom is -0.457 e. The first kappa shape index (κ1) is 61.5. The zero-order chi connectivity index (χ0) is 48.4. The second-order valence-electron chi connectivity index (χ2n) is 17.3. The topological polar surface area (TPSA) is 192 Å². The molecule has 0 bridgehead atoms. The smallest absolute Gasteiger partial charge is 0.457 e. The second-order valence-corrected chi connectivity index (χ2v) is 18.7. The largest absolute Gasteiger partial charge is 0.472 e. The average molecular weight is 951 g/mol. The number of carbonyl (C=O) groups excluding carboxylic acids is 1. The number of hydrogen-bond acceptors (Lipinski definition) is 11. The van der Waals surface area contributed by atoms with Crippen LogP contribution >= 0.6 is 7.82 Å². The number of aliphatic hydroxyl groups is 5. The fourth-order valence-corrected chi connectivity index (χ4v) is 8.27. The Balaban J connectivity index is 2.35. The van der Waals surface area contributed by atoms with E-state index < -0.39 is 63.1 Å². The van der Waals surface area contributed by atoms with Gasteiger partial charge in [0.15, 0.2) is 0 Å². The van der Waals surface area contributed by atoms with Gasteiger partial charge in [0.25, 0.3) is 0 Å². The molecule has 0 heterocycles. The number of ether oxygens (including phenoxy) is 2. The van der Waals surface area contributed by atoms with E-state index in [0.29, 0.717) is 13.0 Å². The number of carbonyl (C=O) groups is 1. The Bertz CT molecular complexity index is 1410. The summed E-state index contributed by atoms with van der Waals surface area (Å²) in [6, 6.07) is 0. The van der Waals surface area contributed by atoms with Gasteiger partial charge in [0.1, 0.15) is 42.7 Å². The number of phosphoric ester groups is 1. The molecule has 0 saturated heterocycles. The molecular formula is C53H91O12P. The first-order chi connectivity index (χ1) is 32.0. The van der Waals surface area contributed by atoms with E-state index in [1.807, 2.05) is 0 Å². The van der Waals surface area contributed by atoms with Crippen LogP contribution in [0.25, 0.3) is 0 Å². The zero-order valence-corrected chi connectivity index (χ0v) is 41.6. The average Bonchev–Trinajstić information content (AvgIpc) is 3.30. The van der Waals surface area contributed by atoms with E-state index in [-0.39, 0.29) is 13.0 Å². The lowest BCUT2D eigenvalue weighted by molar-refractivity contribution is -0.220. The summed E-state index contributed by atoms with van der Waals surface area (Å²) in [5, 5.41) is 50.3. The molecule has 380 valence electrons. The molecule has 1 saturated carbocycles. The Hall–Kier alpha value is -2.48. The molecule has 1 fully saturated rings. The number of rotatable bonds is 42. The summed E-state index contributed by atoms with van der Waals surface area (Å²) < 4.78 is 34.3. The van der Waals surface area contributed by atoms with Crippen molar-refractivity contribution in [2.75, 3.05) is 19.8 Å². The molecular weight excluding hydrogens is 860 g/mol. The lowest BCUT2D eigenvalue weighted by Gasteiger charge is -2.41. The molecule has 0 aromatic rings. The van der Waals surface area contributed by atoms with Gasteiger partial charge in [-0.05, 0) is 83.5 Å². The van der Waals surface area contributed by atoms with Crippen LogP contribution < -0.4 is 0 Å². The molecule has 6 unspecified atom stereocenters. The molecule has 1 aliphatic rings. The Morgan fingerprint density at radius 1 is 0.485 bits per heavy atom. The fourth-order valence-electron chi connectivity index (χ4n) is 7.30. The maximum Gasteiger partial charge on any atom is 0.472 e. The minimum atomic E-state index is -5.03. The van der Waals surface area contributed by atoms with Crippen molar-refractivity contribution >= 4 is 13.8 Å². The van der Waals surface area contributed by atoms with E-state index in [2.05, 4.69) is 98.9 Å². The van der Waals surface area contributed by atoms with Crippen molar-refractivity contribution in [2.24, 2.45) is 0 Å². The van der Waals surface area contributed by atoms with Gasteiger partial charge in [-0.15, -0.1) is 0 Å². The van der Waals surface area contributed by atoms with Crippen LogP contribution in [-0.4, -0.2) is 98.9 Å².